The molecule has 0 atom stereocenters. The Kier molecular flexibility index (Phi) is 4.54. The zero-order valence-corrected chi connectivity index (χ0v) is 12.8. The number of halogens is 1. The van der Waals surface area contributed by atoms with Gasteiger partial charge in [0.1, 0.15) is 10.8 Å². The highest BCUT2D eigenvalue weighted by molar-refractivity contribution is 7.15. The van der Waals surface area contributed by atoms with Crippen molar-refractivity contribution in [1.29, 1.82) is 5.41 Å². The molecule has 6 heteroatoms. The lowest BCUT2D eigenvalue weighted by Crippen LogP contribution is -2.08. The lowest BCUT2D eigenvalue weighted by atomic mass is 10.2. The van der Waals surface area contributed by atoms with E-state index in [1.54, 1.807) is 11.3 Å². The van der Waals surface area contributed by atoms with Crippen LogP contribution < -0.4 is 5.73 Å². The molecule has 0 fully saturated rings. The Morgan fingerprint density at radius 3 is 2.45 bits per heavy atom. The average Bonchev–Trinajstić information content (AvgIpc) is 3.09. The van der Waals surface area contributed by atoms with E-state index in [0.29, 0.717) is 0 Å². The van der Waals surface area contributed by atoms with Crippen LogP contribution in [0.25, 0.3) is 21.8 Å². The minimum Gasteiger partial charge on any atom is -0.383 e. The predicted molar refractivity (Wildman–Crippen MR) is 89.1 cm³/mol. The first-order chi connectivity index (χ1) is 9.24. The summed E-state index contributed by atoms with van der Waals surface area (Å²) in [6, 6.07) is 12.0. The zero-order chi connectivity index (χ0) is 13.2. The van der Waals surface area contributed by atoms with Gasteiger partial charge in [0.05, 0.1) is 10.6 Å². The standard InChI is InChI=1S/C14H11N3S2.ClH/c15-13(16)12-6-10(7-18-12)14-17-11(8-19-14)9-4-2-1-3-5-9;/h1-8H,(H3,15,16);1H. The molecule has 0 aliphatic carbocycles. The largest absolute Gasteiger partial charge is 0.383 e. The van der Waals surface area contributed by atoms with E-state index in [-0.39, 0.29) is 18.2 Å². The summed E-state index contributed by atoms with van der Waals surface area (Å²) in [5.41, 5.74) is 8.61. The number of hydrogen-bond donors (Lipinski definition) is 2. The molecule has 0 radical (unpaired) electrons. The van der Waals surface area contributed by atoms with Crippen LogP contribution in [0.4, 0.5) is 0 Å². The van der Waals surface area contributed by atoms with Crippen LogP contribution in [0.15, 0.2) is 47.2 Å². The van der Waals surface area contributed by atoms with Gasteiger partial charge in [-0.25, -0.2) is 4.98 Å². The fourth-order valence-electron chi connectivity index (χ4n) is 1.74. The summed E-state index contributed by atoms with van der Waals surface area (Å²) in [4.78, 5) is 5.42. The molecule has 0 saturated carbocycles. The molecule has 3 aromatic rings. The van der Waals surface area contributed by atoms with Crippen molar-refractivity contribution in [1.82, 2.24) is 4.98 Å². The van der Waals surface area contributed by atoms with Gasteiger partial charge in [0, 0.05) is 21.9 Å². The number of rotatable bonds is 3. The first kappa shape index (κ1) is 14.7. The van der Waals surface area contributed by atoms with Gasteiger partial charge in [0.25, 0.3) is 0 Å². The highest BCUT2D eigenvalue weighted by atomic mass is 35.5. The Hall–Kier alpha value is -1.69. The average molecular weight is 322 g/mol. The van der Waals surface area contributed by atoms with Crippen molar-refractivity contribution < 1.29 is 0 Å². The van der Waals surface area contributed by atoms with Gasteiger partial charge in [-0.2, -0.15) is 0 Å². The topological polar surface area (TPSA) is 62.8 Å². The van der Waals surface area contributed by atoms with Crippen LogP contribution >= 0.6 is 35.1 Å². The van der Waals surface area contributed by atoms with E-state index in [4.69, 9.17) is 11.1 Å². The number of nitrogens with zero attached hydrogens (tertiary/aromatic N) is 1. The first-order valence-corrected chi connectivity index (χ1v) is 7.44. The van der Waals surface area contributed by atoms with E-state index in [1.807, 2.05) is 41.8 Å². The van der Waals surface area contributed by atoms with Crippen LogP contribution in [0.5, 0.6) is 0 Å². The van der Waals surface area contributed by atoms with E-state index in [1.165, 1.54) is 11.3 Å². The molecule has 0 amide bonds. The number of hydrogen-bond acceptors (Lipinski definition) is 4. The van der Waals surface area contributed by atoms with Crippen LogP contribution in [0.1, 0.15) is 4.88 Å². The molecule has 2 aromatic heterocycles. The number of benzene rings is 1. The molecule has 0 bridgehead atoms. The molecule has 0 spiro atoms. The third-order valence-electron chi connectivity index (χ3n) is 2.69. The van der Waals surface area contributed by atoms with Crippen LogP contribution in [0.3, 0.4) is 0 Å². The van der Waals surface area contributed by atoms with Gasteiger partial charge in [-0.3, -0.25) is 5.41 Å². The maximum atomic E-state index is 7.42. The third kappa shape index (κ3) is 2.90. The van der Waals surface area contributed by atoms with Crippen molar-refractivity contribution in [3.05, 3.63) is 52.0 Å². The second-order valence-electron chi connectivity index (χ2n) is 4.02. The van der Waals surface area contributed by atoms with Gasteiger partial charge in [0.15, 0.2) is 0 Å². The summed E-state index contributed by atoms with van der Waals surface area (Å²) in [7, 11) is 0. The highest BCUT2D eigenvalue weighted by Crippen LogP contribution is 2.31. The summed E-state index contributed by atoms with van der Waals surface area (Å²) in [6.45, 7) is 0. The van der Waals surface area contributed by atoms with Crippen molar-refractivity contribution in [2.24, 2.45) is 5.73 Å². The second-order valence-corrected chi connectivity index (χ2v) is 5.79. The van der Waals surface area contributed by atoms with Gasteiger partial charge in [0.2, 0.25) is 0 Å². The minimum absolute atomic E-state index is 0. The predicted octanol–water partition coefficient (Wildman–Crippen LogP) is 4.24. The smallest absolute Gasteiger partial charge is 0.133 e. The van der Waals surface area contributed by atoms with E-state index >= 15 is 0 Å². The number of nitrogen functional groups attached to an aromatic ring is 1. The second kappa shape index (κ2) is 6.17. The van der Waals surface area contributed by atoms with Gasteiger partial charge in [-0.15, -0.1) is 35.1 Å². The Labute approximate surface area is 131 Å². The fraction of sp³-hybridized carbons (Fsp3) is 0. The molecule has 1 aromatic carbocycles. The summed E-state index contributed by atoms with van der Waals surface area (Å²) in [5.74, 6) is 0.107. The Bertz CT molecular complexity index is 719. The monoisotopic (exact) mass is 321 g/mol. The number of thiazole rings is 1. The number of aromatic nitrogens is 1. The molecular formula is C14H12ClN3S2. The highest BCUT2D eigenvalue weighted by Gasteiger charge is 2.09. The molecule has 3 N–H and O–H groups in total. The van der Waals surface area contributed by atoms with Crippen LogP contribution in [-0.2, 0) is 0 Å². The lowest BCUT2D eigenvalue weighted by molar-refractivity contribution is 1.41. The molecule has 0 saturated heterocycles. The quantitative estimate of drug-likeness (QED) is 0.559. The minimum atomic E-state index is 0. The summed E-state index contributed by atoms with van der Waals surface area (Å²) in [5, 5.41) is 12.4. The van der Waals surface area contributed by atoms with Crippen molar-refractivity contribution in [2.75, 3.05) is 0 Å². The van der Waals surface area contributed by atoms with Crippen LogP contribution in [0.2, 0.25) is 0 Å². The van der Waals surface area contributed by atoms with Gasteiger partial charge in [-0.1, -0.05) is 30.3 Å². The van der Waals surface area contributed by atoms with Crippen LogP contribution in [-0.4, -0.2) is 10.8 Å². The first-order valence-electron chi connectivity index (χ1n) is 5.68. The summed E-state index contributed by atoms with van der Waals surface area (Å²) >= 11 is 3.08. The van der Waals surface area contributed by atoms with E-state index in [2.05, 4.69) is 10.4 Å². The Morgan fingerprint density at radius 2 is 1.80 bits per heavy atom. The molecule has 0 aliphatic rings. The molecule has 102 valence electrons. The third-order valence-corrected chi connectivity index (χ3v) is 4.54. The molecule has 0 unspecified atom stereocenters. The van der Waals surface area contributed by atoms with Gasteiger partial charge >= 0.3 is 0 Å². The molecular weight excluding hydrogens is 310 g/mol. The van der Waals surface area contributed by atoms with Crippen molar-refractivity contribution in [3.63, 3.8) is 0 Å². The van der Waals surface area contributed by atoms with E-state index < -0.39 is 0 Å². The Morgan fingerprint density at radius 1 is 1.05 bits per heavy atom. The maximum absolute atomic E-state index is 7.42. The molecule has 0 aliphatic heterocycles. The maximum Gasteiger partial charge on any atom is 0.133 e. The van der Waals surface area contributed by atoms with E-state index in [9.17, 15) is 0 Å². The van der Waals surface area contributed by atoms with Crippen LogP contribution in [0, 0.1) is 5.41 Å². The SMILES string of the molecule is Cl.N=C(N)c1cc(-c2nc(-c3ccccc3)cs2)cs1. The normalized spacial score (nSPS) is 10.0. The van der Waals surface area contributed by atoms with Crippen molar-refractivity contribution in [3.8, 4) is 21.8 Å². The van der Waals surface area contributed by atoms with Crippen molar-refractivity contribution >= 4 is 40.9 Å². The summed E-state index contributed by atoms with van der Waals surface area (Å²) < 4.78 is 0. The van der Waals surface area contributed by atoms with Gasteiger partial charge in [-0.05, 0) is 6.07 Å². The number of thiophene rings is 1. The lowest BCUT2D eigenvalue weighted by Gasteiger charge is -1.94. The molecule has 20 heavy (non-hydrogen) atoms. The number of nitrogens with two attached hydrogens (primary N) is 1. The Balaban J connectivity index is 0.00000147. The molecule has 3 nitrogen and oxygen atoms in total. The van der Waals surface area contributed by atoms with Gasteiger partial charge < -0.3 is 5.73 Å². The summed E-state index contributed by atoms with van der Waals surface area (Å²) in [6.07, 6.45) is 0. The molecule has 2 heterocycles. The van der Waals surface area contributed by atoms with Crippen molar-refractivity contribution in [2.45, 2.75) is 0 Å². The fourth-order valence-corrected chi connectivity index (χ4v) is 3.38. The number of amidine groups is 1. The zero-order valence-electron chi connectivity index (χ0n) is 10.4. The van der Waals surface area contributed by atoms with E-state index in [0.717, 1.165) is 26.7 Å². The molecule has 3 rings (SSSR count). The number of nitrogens with one attached hydrogen (secondary N) is 1.